The van der Waals surface area contributed by atoms with E-state index in [2.05, 4.69) is 51.4 Å². The van der Waals surface area contributed by atoms with E-state index in [1.807, 2.05) is 50.4 Å². The summed E-state index contributed by atoms with van der Waals surface area (Å²) in [5.41, 5.74) is 5.14. The summed E-state index contributed by atoms with van der Waals surface area (Å²) in [5, 5.41) is 4.19. The second-order valence-electron chi connectivity index (χ2n) is 6.57. The molecule has 0 unspecified atom stereocenters. The van der Waals surface area contributed by atoms with E-state index < -0.39 is 0 Å². The average Bonchev–Trinajstić information content (AvgIpc) is 3.10. The van der Waals surface area contributed by atoms with E-state index in [-0.39, 0.29) is 0 Å². The maximum absolute atomic E-state index is 4.77. The van der Waals surface area contributed by atoms with E-state index in [1.54, 1.807) is 17.5 Å². The molecule has 6 heteroatoms. The molecule has 0 aliphatic rings. The Morgan fingerprint density at radius 2 is 1.75 bits per heavy atom. The number of aryl methyl sites for hydroxylation is 2. The van der Waals surface area contributed by atoms with Gasteiger partial charge in [0.2, 0.25) is 5.95 Å². The first-order valence-electron chi connectivity index (χ1n) is 9.03. The Balaban J connectivity index is 1.62. The van der Waals surface area contributed by atoms with Crippen LogP contribution >= 0.6 is 11.3 Å². The number of para-hydroxylation sites is 1. The molecule has 0 saturated heterocycles. The predicted molar refractivity (Wildman–Crippen MR) is 117 cm³/mol. The molecule has 4 aromatic rings. The molecule has 2 heterocycles. The molecule has 2 aromatic carbocycles. The van der Waals surface area contributed by atoms with Crippen LogP contribution in [0.1, 0.15) is 11.3 Å². The summed E-state index contributed by atoms with van der Waals surface area (Å²) in [5.74, 6) is 0.574. The van der Waals surface area contributed by atoms with Gasteiger partial charge in [-0.25, -0.2) is 15.0 Å². The molecule has 1 N–H and O–H groups in total. The summed E-state index contributed by atoms with van der Waals surface area (Å²) in [7, 11) is 2.04. The van der Waals surface area contributed by atoms with Crippen LogP contribution in [0.5, 0.6) is 0 Å². The van der Waals surface area contributed by atoms with Gasteiger partial charge in [-0.15, -0.1) is 0 Å². The van der Waals surface area contributed by atoms with Crippen molar-refractivity contribution in [2.75, 3.05) is 17.3 Å². The monoisotopic (exact) mass is 387 g/mol. The van der Waals surface area contributed by atoms with Gasteiger partial charge in [0.05, 0.1) is 16.3 Å². The molecule has 140 valence electrons. The molecule has 0 saturated carbocycles. The van der Waals surface area contributed by atoms with Gasteiger partial charge in [-0.2, -0.15) is 0 Å². The van der Waals surface area contributed by atoms with E-state index in [0.717, 1.165) is 32.8 Å². The Labute approximate surface area is 168 Å². The van der Waals surface area contributed by atoms with Gasteiger partial charge in [0.1, 0.15) is 0 Å². The molecular formula is C22H21N5S. The van der Waals surface area contributed by atoms with Crippen LogP contribution in [0.25, 0.3) is 10.6 Å². The van der Waals surface area contributed by atoms with Crippen LogP contribution in [-0.2, 0) is 0 Å². The molecule has 5 nitrogen and oxygen atoms in total. The maximum Gasteiger partial charge on any atom is 0.227 e. The van der Waals surface area contributed by atoms with Crippen molar-refractivity contribution >= 4 is 33.8 Å². The third-order valence-corrected chi connectivity index (χ3v) is 5.64. The molecule has 0 aliphatic carbocycles. The summed E-state index contributed by atoms with van der Waals surface area (Å²) in [4.78, 5) is 17.0. The second-order valence-corrected chi connectivity index (χ2v) is 7.54. The van der Waals surface area contributed by atoms with Crippen molar-refractivity contribution in [2.45, 2.75) is 13.8 Å². The molecule has 4 rings (SSSR count). The summed E-state index contributed by atoms with van der Waals surface area (Å²) in [6, 6.07) is 20.2. The molecule has 0 atom stereocenters. The lowest BCUT2D eigenvalue weighted by molar-refractivity contribution is 1.13. The van der Waals surface area contributed by atoms with E-state index >= 15 is 0 Å². The third-order valence-electron chi connectivity index (χ3n) is 4.38. The minimum Gasteiger partial charge on any atom is -0.324 e. The Kier molecular flexibility index (Phi) is 5.04. The summed E-state index contributed by atoms with van der Waals surface area (Å²) >= 11 is 1.63. The molecule has 0 amide bonds. The third kappa shape index (κ3) is 3.87. The quantitative estimate of drug-likeness (QED) is 0.474. The zero-order valence-electron chi connectivity index (χ0n) is 16.0. The highest BCUT2D eigenvalue weighted by Crippen LogP contribution is 2.36. The van der Waals surface area contributed by atoms with Crippen LogP contribution in [0.15, 0.2) is 66.9 Å². The number of benzene rings is 2. The largest absolute Gasteiger partial charge is 0.324 e. The van der Waals surface area contributed by atoms with E-state index in [9.17, 15) is 0 Å². The fourth-order valence-electron chi connectivity index (χ4n) is 2.91. The zero-order valence-corrected chi connectivity index (χ0v) is 16.9. The molecule has 28 heavy (non-hydrogen) atoms. The van der Waals surface area contributed by atoms with Crippen molar-refractivity contribution in [2.24, 2.45) is 0 Å². The Morgan fingerprint density at radius 3 is 2.54 bits per heavy atom. The molecule has 2 aromatic heterocycles. The van der Waals surface area contributed by atoms with Gasteiger partial charge in [-0.3, -0.25) is 0 Å². The highest BCUT2D eigenvalue weighted by molar-refractivity contribution is 7.19. The van der Waals surface area contributed by atoms with Crippen LogP contribution in [0.4, 0.5) is 22.5 Å². The Morgan fingerprint density at radius 1 is 0.929 bits per heavy atom. The minimum absolute atomic E-state index is 0.574. The van der Waals surface area contributed by atoms with Gasteiger partial charge in [0, 0.05) is 24.6 Å². The number of aromatic nitrogens is 3. The summed E-state index contributed by atoms with van der Waals surface area (Å²) < 4.78 is 0. The first-order chi connectivity index (χ1) is 13.6. The van der Waals surface area contributed by atoms with Gasteiger partial charge in [-0.05, 0) is 49.7 Å². The van der Waals surface area contributed by atoms with Crippen molar-refractivity contribution < 1.29 is 0 Å². The van der Waals surface area contributed by atoms with Crippen molar-refractivity contribution in [3.63, 3.8) is 0 Å². The van der Waals surface area contributed by atoms with Crippen LogP contribution in [0.3, 0.4) is 0 Å². The highest BCUT2D eigenvalue weighted by Gasteiger charge is 2.15. The van der Waals surface area contributed by atoms with Gasteiger partial charge in [0.15, 0.2) is 5.13 Å². The lowest BCUT2D eigenvalue weighted by Crippen LogP contribution is -2.08. The maximum atomic E-state index is 4.77. The Hall–Kier alpha value is -3.25. The smallest absolute Gasteiger partial charge is 0.227 e. The van der Waals surface area contributed by atoms with Gasteiger partial charge in [0.25, 0.3) is 0 Å². The SMILES string of the molecule is Cc1cccc(N(C)c2nc(C)c(-c3ccnc(Nc4ccccc4)n3)s2)c1. The van der Waals surface area contributed by atoms with E-state index in [1.165, 1.54) is 5.56 Å². The van der Waals surface area contributed by atoms with Crippen LogP contribution in [0.2, 0.25) is 0 Å². The highest BCUT2D eigenvalue weighted by atomic mass is 32.1. The lowest BCUT2D eigenvalue weighted by atomic mass is 10.2. The lowest BCUT2D eigenvalue weighted by Gasteiger charge is -2.16. The summed E-state index contributed by atoms with van der Waals surface area (Å²) in [6.45, 7) is 4.11. The van der Waals surface area contributed by atoms with Crippen LogP contribution in [0, 0.1) is 13.8 Å². The van der Waals surface area contributed by atoms with E-state index in [0.29, 0.717) is 5.95 Å². The fraction of sp³-hybridized carbons (Fsp3) is 0.136. The number of nitrogens with zero attached hydrogens (tertiary/aromatic N) is 4. The number of nitrogens with one attached hydrogen (secondary N) is 1. The molecular weight excluding hydrogens is 366 g/mol. The topological polar surface area (TPSA) is 53.9 Å². The summed E-state index contributed by atoms with van der Waals surface area (Å²) in [6.07, 6.45) is 1.77. The first kappa shape index (κ1) is 18.1. The van der Waals surface area contributed by atoms with Crippen molar-refractivity contribution in [1.82, 2.24) is 15.0 Å². The number of rotatable bonds is 5. The van der Waals surface area contributed by atoms with Gasteiger partial charge < -0.3 is 10.2 Å². The van der Waals surface area contributed by atoms with Crippen molar-refractivity contribution in [3.05, 3.63) is 78.1 Å². The van der Waals surface area contributed by atoms with Crippen molar-refractivity contribution in [3.8, 4) is 10.6 Å². The first-order valence-corrected chi connectivity index (χ1v) is 9.85. The number of anilines is 4. The zero-order chi connectivity index (χ0) is 19.5. The Bertz CT molecular complexity index is 1090. The number of hydrogen-bond acceptors (Lipinski definition) is 6. The average molecular weight is 388 g/mol. The standard InChI is InChI=1S/C22H21N5S/c1-15-8-7-11-18(14-15)27(3)22-24-16(2)20(28-22)19-12-13-23-21(26-19)25-17-9-5-4-6-10-17/h4-14H,1-3H3,(H,23,25,26). The molecule has 0 aliphatic heterocycles. The minimum atomic E-state index is 0.574. The number of thiazole rings is 1. The fourth-order valence-corrected chi connectivity index (χ4v) is 3.93. The van der Waals surface area contributed by atoms with Gasteiger partial charge in [-0.1, -0.05) is 41.7 Å². The molecule has 0 radical (unpaired) electrons. The van der Waals surface area contributed by atoms with E-state index in [4.69, 9.17) is 4.98 Å². The molecule has 0 bridgehead atoms. The predicted octanol–water partition coefficient (Wildman–Crippen LogP) is 5.73. The second kappa shape index (κ2) is 7.78. The van der Waals surface area contributed by atoms with Crippen molar-refractivity contribution in [1.29, 1.82) is 0 Å². The van der Waals surface area contributed by atoms with Crippen LogP contribution in [-0.4, -0.2) is 22.0 Å². The van der Waals surface area contributed by atoms with Crippen LogP contribution < -0.4 is 10.2 Å². The molecule has 0 fully saturated rings. The van der Waals surface area contributed by atoms with Gasteiger partial charge >= 0.3 is 0 Å². The normalized spacial score (nSPS) is 10.7. The molecule has 0 spiro atoms. The number of hydrogen-bond donors (Lipinski definition) is 1.